The van der Waals surface area contributed by atoms with Gasteiger partial charge in [0.05, 0.1) is 5.76 Å². The third-order valence-corrected chi connectivity index (χ3v) is 3.32. The average Bonchev–Trinajstić information content (AvgIpc) is 2.13. The zero-order valence-electron chi connectivity index (χ0n) is 12.1. The molecule has 1 aliphatic rings. The Morgan fingerprint density at radius 2 is 2.00 bits per heavy atom. The summed E-state index contributed by atoms with van der Waals surface area (Å²) in [6, 6.07) is 0. The lowest BCUT2D eigenvalue weighted by Crippen LogP contribution is -2.54. The molecule has 1 atom stereocenters. The molecule has 18 heavy (non-hydrogen) atoms. The van der Waals surface area contributed by atoms with Gasteiger partial charge in [0.2, 0.25) is 0 Å². The Labute approximate surface area is 110 Å². The molecular formula is C14H25NO3. The molecule has 1 rings (SSSR count). The minimum absolute atomic E-state index is 0.0504. The van der Waals surface area contributed by atoms with Gasteiger partial charge in [-0.05, 0) is 47.5 Å². The van der Waals surface area contributed by atoms with E-state index in [0.29, 0.717) is 6.54 Å². The van der Waals surface area contributed by atoms with Crippen LogP contribution in [-0.2, 0) is 4.74 Å². The molecule has 1 heterocycles. The highest BCUT2D eigenvalue weighted by Crippen LogP contribution is 2.33. The van der Waals surface area contributed by atoms with Crippen molar-refractivity contribution in [1.29, 1.82) is 0 Å². The molecule has 1 amide bonds. The minimum Gasteiger partial charge on any atom is -0.513 e. The Morgan fingerprint density at radius 3 is 2.44 bits per heavy atom. The third kappa shape index (κ3) is 3.65. The van der Waals surface area contributed by atoms with E-state index >= 15 is 0 Å². The normalized spacial score (nSPS) is 23.6. The fourth-order valence-electron chi connectivity index (χ4n) is 2.13. The molecule has 0 aromatic carbocycles. The maximum Gasteiger partial charge on any atom is 0.410 e. The number of likely N-dealkylation sites (tertiary alicyclic amines) is 1. The summed E-state index contributed by atoms with van der Waals surface area (Å²) in [5.41, 5.74) is -0.745. The monoisotopic (exact) mass is 255 g/mol. The highest BCUT2D eigenvalue weighted by molar-refractivity contribution is 5.69. The van der Waals surface area contributed by atoms with Crippen molar-refractivity contribution < 1.29 is 14.6 Å². The summed E-state index contributed by atoms with van der Waals surface area (Å²) in [5.74, 6) is 0.101. The molecule has 1 saturated heterocycles. The number of aliphatic hydroxyl groups excluding tert-OH is 1. The van der Waals surface area contributed by atoms with Crippen molar-refractivity contribution in [1.82, 2.24) is 4.90 Å². The molecule has 0 aromatic heterocycles. The van der Waals surface area contributed by atoms with E-state index in [0.717, 1.165) is 12.8 Å². The SMILES string of the molecule is C=C(O)C1CCC(C)(C)N(C(=O)OC(C)(C)C)C1. The minimum atomic E-state index is -0.504. The second kappa shape index (κ2) is 4.82. The van der Waals surface area contributed by atoms with Crippen LogP contribution in [0.4, 0.5) is 4.79 Å². The largest absolute Gasteiger partial charge is 0.513 e. The summed E-state index contributed by atoms with van der Waals surface area (Å²) in [4.78, 5) is 13.9. The molecule has 1 N–H and O–H groups in total. The van der Waals surface area contributed by atoms with Crippen molar-refractivity contribution in [2.75, 3.05) is 6.54 Å². The molecule has 104 valence electrons. The highest BCUT2D eigenvalue weighted by atomic mass is 16.6. The Morgan fingerprint density at radius 1 is 1.44 bits per heavy atom. The number of nitrogens with zero attached hydrogens (tertiary/aromatic N) is 1. The van der Waals surface area contributed by atoms with Gasteiger partial charge in [-0.15, -0.1) is 0 Å². The molecule has 0 spiro atoms. The zero-order valence-corrected chi connectivity index (χ0v) is 12.1. The number of carbonyl (C=O) groups excluding carboxylic acids is 1. The maximum absolute atomic E-state index is 12.2. The average molecular weight is 255 g/mol. The number of aliphatic hydroxyl groups is 1. The molecule has 0 aliphatic carbocycles. The van der Waals surface area contributed by atoms with Crippen LogP contribution >= 0.6 is 0 Å². The van der Waals surface area contributed by atoms with Crippen LogP contribution in [0.1, 0.15) is 47.5 Å². The smallest absolute Gasteiger partial charge is 0.410 e. The van der Waals surface area contributed by atoms with Gasteiger partial charge in [0.1, 0.15) is 5.60 Å². The summed E-state index contributed by atoms with van der Waals surface area (Å²) >= 11 is 0. The molecule has 1 aliphatic heterocycles. The van der Waals surface area contributed by atoms with Crippen LogP contribution in [0.3, 0.4) is 0 Å². The highest BCUT2D eigenvalue weighted by Gasteiger charge is 2.40. The third-order valence-electron chi connectivity index (χ3n) is 3.32. The lowest BCUT2D eigenvalue weighted by atomic mass is 9.84. The quantitative estimate of drug-likeness (QED) is 0.730. The van der Waals surface area contributed by atoms with Crippen LogP contribution in [0.15, 0.2) is 12.3 Å². The molecule has 0 saturated carbocycles. The molecule has 4 heteroatoms. The molecule has 1 fully saturated rings. The number of hydrogen-bond donors (Lipinski definition) is 1. The molecular weight excluding hydrogens is 230 g/mol. The van der Waals surface area contributed by atoms with Gasteiger partial charge in [0.25, 0.3) is 0 Å². The van der Waals surface area contributed by atoms with E-state index in [1.54, 1.807) is 4.90 Å². The van der Waals surface area contributed by atoms with Gasteiger partial charge >= 0.3 is 6.09 Å². The second-order valence-corrected chi connectivity index (χ2v) is 6.63. The lowest BCUT2D eigenvalue weighted by Gasteiger charge is -2.45. The second-order valence-electron chi connectivity index (χ2n) is 6.63. The van der Waals surface area contributed by atoms with Crippen LogP contribution in [0.2, 0.25) is 0 Å². The van der Waals surface area contributed by atoms with Crippen LogP contribution in [0.25, 0.3) is 0 Å². The van der Waals surface area contributed by atoms with Crippen LogP contribution in [-0.4, -0.2) is 33.8 Å². The van der Waals surface area contributed by atoms with E-state index in [1.807, 2.05) is 34.6 Å². The molecule has 1 unspecified atom stereocenters. The number of hydrogen-bond acceptors (Lipinski definition) is 3. The first-order valence-electron chi connectivity index (χ1n) is 6.41. The van der Waals surface area contributed by atoms with E-state index in [1.165, 1.54) is 0 Å². The van der Waals surface area contributed by atoms with Gasteiger partial charge in [0.15, 0.2) is 0 Å². The van der Waals surface area contributed by atoms with Gasteiger partial charge in [-0.25, -0.2) is 4.79 Å². The predicted molar refractivity (Wildman–Crippen MR) is 71.5 cm³/mol. The van der Waals surface area contributed by atoms with Crippen LogP contribution < -0.4 is 0 Å². The van der Waals surface area contributed by atoms with Crippen LogP contribution in [0.5, 0.6) is 0 Å². The summed E-state index contributed by atoms with van der Waals surface area (Å²) in [6.45, 7) is 13.6. The fourth-order valence-corrected chi connectivity index (χ4v) is 2.13. The molecule has 4 nitrogen and oxygen atoms in total. The Balaban J connectivity index is 2.81. The standard InChI is InChI=1S/C14H25NO3/c1-10(16)11-7-8-14(5,6)15(9-11)12(17)18-13(2,3)4/h11,16H,1,7-9H2,2-6H3. The van der Waals surface area contributed by atoms with Gasteiger partial charge in [-0.1, -0.05) is 6.58 Å². The Hall–Kier alpha value is -1.19. The van der Waals surface area contributed by atoms with Crippen molar-refractivity contribution >= 4 is 6.09 Å². The van der Waals surface area contributed by atoms with Gasteiger partial charge in [-0.3, -0.25) is 0 Å². The van der Waals surface area contributed by atoms with E-state index in [4.69, 9.17) is 4.74 Å². The predicted octanol–water partition coefficient (Wildman–Crippen LogP) is 3.48. The number of carbonyl (C=O) groups is 1. The summed E-state index contributed by atoms with van der Waals surface area (Å²) in [7, 11) is 0. The number of ether oxygens (including phenoxy) is 1. The molecule has 0 bridgehead atoms. The number of rotatable bonds is 1. The van der Waals surface area contributed by atoms with Crippen molar-refractivity contribution in [3.8, 4) is 0 Å². The van der Waals surface area contributed by atoms with Gasteiger partial charge in [0, 0.05) is 18.0 Å². The maximum atomic E-state index is 12.2. The topological polar surface area (TPSA) is 49.8 Å². The Bertz CT molecular complexity index is 341. The number of amides is 1. The van der Waals surface area contributed by atoms with Crippen molar-refractivity contribution in [3.05, 3.63) is 12.3 Å². The van der Waals surface area contributed by atoms with Crippen molar-refractivity contribution in [2.24, 2.45) is 5.92 Å². The summed E-state index contributed by atoms with van der Waals surface area (Å²) < 4.78 is 5.42. The fraction of sp³-hybridized carbons (Fsp3) is 0.786. The first-order chi connectivity index (χ1) is 8.03. The van der Waals surface area contributed by atoms with Gasteiger partial charge < -0.3 is 14.7 Å². The van der Waals surface area contributed by atoms with Crippen molar-refractivity contribution in [2.45, 2.75) is 58.6 Å². The van der Waals surface area contributed by atoms with E-state index in [-0.39, 0.29) is 23.3 Å². The zero-order chi connectivity index (χ0) is 14.1. The van der Waals surface area contributed by atoms with Gasteiger partial charge in [-0.2, -0.15) is 0 Å². The lowest BCUT2D eigenvalue weighted by molar-refractivity contribution is -0.0156. The van der Waals surface area contributed by atoms with E-state index in [9.17, 15) is 9.90 Å². The summed E-state index contributed by atoms with van der Waals surface area (Å²) in [5, 5.41) is 9.51. The molecule has 0 radical (unpaired) electrons. The Kier molecular flexibility index (Phi) is 3.99. The first-order valence-corrected chi connectivity index (χ1v) is 6.41. The van der Waals surface area contributed by atoms with E-state index < -0.39 is 5.60 Å². The first kappa shape index (κ1) is 14.9. The van der Waals surface area contributed by atoms with Crippen molar-refractivity contribution in [3.63, 3.8) is 0 Å². The number of piperidine rings is 1. The summed E-state index contributed by atoms with van der Waals surface area (Å²) in [6.07, 6.45) is 1.36. The molecule has 0 aromatic rings. The van der Waals surface area contributed by atoms with E-state index in [2.05, 4.69) is 6.58 Å². The van der Waals surface area contributed by atoms with Crippen LogP contribution in [0, 0.1) is 5.92 Å².